The zero-order valence-corrected chi connectivity index (χ0v) is 13.2. The van der Waals surface area contributed by atoms with Crippen molar-refractivity contribution >= 4 is 0 Å². The van der Waals surface area contributed by atoms with Gasteiger partial charge in [-0.3, -0.25) is 0 Å². The van der Waals surface area contributed by atoms with Gasteiger partial charge in [0.05, 0.1) is 0 Å². The summed E-state index contributed by atoms with van der Waals surface area (Å²) in [6, 6.07) is 18.0. The van der Waals surface area contributed by atoms with Gasteiger partial charge in [0.2, 0.25) is 0 Å². The first-order valence-electron chi connectivity index (χ1n) is 8.31. The molecule has 2 aliphatic carbocycles. The lowest BCUT2D eigenvalue weighted by Gasteiger charge is -2.46. The van der Waals surface area contributed by atoms with Gasteiger partial charge in [-0.15, -0.1) is 0 Å². The Hall–Kier alpha value is -1.56. The van der Waals surface area contributed by atoms with Gasteiger partial charge in [0.15, 0.2) is 0 Å². The molecule has 108 valence electrons. The lowest BCUT2D eigenvalue weighted by Crippen LogP contribution is -2.40. The van der Waals surface area contributed by atoms with Crippen molar-refractivity contribution in [3.8, 4) is 11.1 Å². The average Bonchev–Trinajstić information content (AvgIpc) is 2.75. The quantitative estimate of drug-likeness (QED) is 0.622. The van der Waals surface area contributed by atoms with Gasteiger partial charge in [0.1, 0.15) is 0 Å². The van der Waals surface area contributed by atoms with E-state index in [1.807, 2.05) is 0 Å². The minimum absolute atomic E-state index is 0.380. The number of rotatable bonds is 1. The van der Waals surface area contributed by atoms with Crippen molar-refractivity contribution in [1.29, 1.82) is 0 Å². The summed E-state index contributed by atoms with van der Waals surface area (Å²) in [4.78, 5) is 0. The van der Waals surface area contributed by atoms with Gasteiger partial charge in [0, 0.05) is 0 Å². The molecule has 4 rings (SSSR count). The van der Waals surface area contributed by atoms with E-state index in [0.29, 0.717) is 10.8 Å². The summed E-state index contributed by atoms with van der Waals surface area (Å²) < 4.78 is 0. The van der Waals surface area contributed by atoms with Gasteiger partial charge >= 0.3 is 0 Å². The van der Waals surface area contributed by atoms with Crippen LogP contribution in [0.15, 0.2) is 48.5 Å². The van der Waals surface area contributed by atoms with Crippen LogP contribution in [0.25, 0.3) is 11.1 Å². The molecule has 0 heteroatoms. The Labute approximate surface area is 128 Å². The minimum Gasteiger partial charge on any atom is -0.0622 e. The number of hydrogen-bond donors (Lipinski definition) is 0. The Kier molecular flexibility index (Phi) is 2.79. The predicted molar refractivity (Wildman–Crippen MR) is 89.5 cm³/mol. The molecule has 0 heterocycles. The maximum Gasteiger partial charge on any atom is -0.00154 e. The van der Waals surface area contributed by atoms with Crippen LogP contribution in [-0.2, 0) is 11.8 Å². The van der Waals surface area contributed by atoms with E-state index in [1.54, 1.807) is 11.1 Å². The molecule has 2 atom stereocenters. The van der Waals surface area contributed by atoms with Crippen molar-refractivity contribution in [2.24, 2.45) is 5.41 Å². The molecule has 21 heavy (non-hydrogen) atoms. The fourth-order valence-corrected chi connectivity index (χ4v) is 4.79. The SMILES string of the molecule is CC12CCCCC1(C)c1cc(-c3ccccc3)ccc1C2. The Morgan fingerprint density at radius 3 is 2.38 bits per heavy atom. The van der Waals surface area contributed by atoms with Crippen molar-refractivity contribution in [2.75, 3.05) is 0 Å². The molecule has 0 radical (unpaired) electrons. The third-order valence-corrected chi connectivity index (χ3v) is 6.38. The first kappa shape index (κ1) is 13.1. The summed E-state index contributed by atoms with van der Waals surface area (Å²) in [6.07, 6.45) is 6.81. The average molecular weight is 276 g/mol. The monoisotopic (exact) mass is 276 g/mol. The zero-order valence-electron chi connectivity index (χ0n) is 13.2. The van der Waals surface area contributed by atoms with Crippen LogP contribution in [0.5, 0.6) is 0 Å². The van der Waals surface area contributed by atoms with Crippen molar-refractivity contribution < 1.29 is 0 Å². The Morgan fingerprint density at radius 2 is 1.57 bits per heavy atom. The maximum absolute atomic E-state index is 2.52. The molecule has 2 aliphatic rings. The van der Waals surface area contributed by atoms with Crippen LogP contribution >= 0.6 is 0 Å². The molecule has 0 aromatic heterocycles. The van der Waals surface area contributed by atoms with E-state index >= 15 is 0 Å². The number of benzene rings is 2. The first-order valence-corrected chi connectivity index (χ1v) is 8.31. The normalized spacial score (nSPS) is 30.8. The fraction of sp³-hybridized carbons (Fsp3) is 0.429. The number of hydrogen-bond acceptors (Lipinski definition) is 0. The van der Waals surface area contributed by atoms with Crippen LogP contribution in [-0.4, -0.2) is 0 Å². The van der Waals surface area contributed by atoms with Gasteiger partial charge in [-0.05, 0) is 52.3 Å². The molecule has 0 amide bonds. The van der Waals surface area contributed by atoms with Gasteiger partial charge in [0.25, 0.3) is 0 Å². The summed E-state index contributed by atoms with van der Waals surface area (Å²) >= 11 is 0. The van der Waals surface area contributed by atoms with E-state index in [4.69, 9.17) is 0 Å². The number of fused-ring (bicyclic) bond motifs is 3. The van der Waals surface area contributed by atoms with Gasteiger partial charge in [-0.1, -0.05) is 75.2 Å². The second-order valence-electron chi connectivity index (χ2n) is 7.51. The van der Waals surface area contributed by atoms with Crippen LogP contribution in [0.2, 0.25) is 0 Å². The fourth-order valence-electron chi connectivity index (χ4n) is 4.79. The molecule has 1 fully saturated rings. The van der Waals surface area contributed by atoms with Crippen LogP contribution in [0.4, 0.5) is 0 Å². The smallest absolute Gasteiger partial charge is 0.00154 e. The van der Waals surface area contributed by atoms with Crippen molar-refractivity contribution in [3.63, 3.8) is 0 Å². The van der Waals surface area contributed by atoms with E-state index in [0.717, 1.165) is 0 Å². The second kappa shape index (κ2) is 4.47. The predicted octanol–water partition coefficient (Wildman–Crippen LogP) is 5.75. The minimum atomic E-state index is 0.380. The van der Waals surface area contributed by atoms with Crippen LogP contribution in [0, 0.1) is 5.41 Å². The van der Waals surface area contributed by atoms with Crippen LogP contribution in [0.1, 0.15) is 50.7 Å². The van der Waals surface area contributed by atoms with Gasteiger partial charge in [-0.2, -0.15) is 0 Å². The molecule has 0 aliphatic heterocycles. The molecular weight excluding hydrogens is 252 g/mol. The Bertz CT molecular complexity index is 670. The molecule has 0 N–H and O–H groups in total. The van der Waals surface area contributed by atoms with Crippen LogP contribution < -0.4 is 0 Å². The molecule has 0 saturated heterocycles. The topological polar surface area (TPSA) is 0 Å². The summed E-state index contributed by atoms with van der Waals surface area (Å²) in [6.45, 7) is 5.04. The highest BCUT2D eigenvalue weighted by molar-refractivity contribution is 5.66. The lowest BCUT2D eigenvalue weighted by molar-refractivity contribution is 0.110. The van der Waals surface area contributed by atoms with Crippen molar-refractivity contribution in [2.45, 2.75) is 51.4 Å². The Morgan fingerprint density at radius 1 is 0.810 bits per heavy atom. The molecule has 0 bridgehead atoms. The highest BCUT2D eigenvalue weighted by Crippen LogP contribution is 2.59. The van der Waals surface area contributed by atoms with E-state index in [-0.39, 0.29) is 0 Å². The van der Waals surface area contributed by atoms with E-state index in [1.165, 1.54) is 43.2 Å². The third-order valence-electron chi connectivity index (χ3n) is 6.38. The molecule has 2 aromatic rings. The molecule has 2 unspecified atom stereocenters. The largest absolute Gasteiger partial charge is 0.0622 e. The molecule has 2 aromatic carbocycles. The molecule has 0 spiro atoms. The van der Waals surface area contributed by atoms with Crippen molar-refractivity contribution in [1.82, 2.24) is 0 Å². The first-order chi connectivity index (χ1) is 10.1. The summed E-state index contributed by atoms with van der Waals surface area (Å²) in [5.74, 6) is 0. The van der Waals surface area contributed by atoms with E-state index < -0.39 is 0 Å². The third kappa shape index (κ3) is 1.81. The summed E-state index contributed by atoms with van der Waals surface area (Å²) in [5.41, 5.74) is 6.81. The molecular formula is C21H24. The van der Waals surface area contributed by atoms with E-state index in [9.17, 15) is 0 Å². The second-order valence-corrected chi connectivity index (χ2v) is 7.51. The summed E-state index contributed by atoms with van der Waals surface area (Å²) in [7, 11) is 0. The molecule has 0 nitrogen and oxygen atoms in total. The maximum atomic E-state index is 2.52. The van der Waals surface area contributed by atoms with Crippen LogP contribution in [0.3, 0.4) is 0 Å². The zero-order chi connectivity index (χ0) is 14.5. The van der Waals surface area contributed by atoms with Gasteiger partial charge in [-0.25, -0.2) is 0 Å². The van der Waals surface area contributed by atoms with E-state index in [2.05, 4.69) is 62.4 Å². The van der Waals surface area contributed by atoms with Gasteiger partial charge < -0.3 is 0 Å². The Balaban J connectivity index is 1.84. The highest BCUT2D eigenvalue weighted by atomic mass is 14.6. The standard InChI is InChI=1S/C21H24/c1-20-12-6-7-13-21(20,2)19-14-17(10-11-18(19)15-20)16-8-4-3-5-9-16/h3-5,8-11,14H,6-7,12-13,15H2,1-2H3. The molecule has 1 saturated carbocycles. The lowest BCUT2D eigenvalue weighted by atomic mass is 9.58. The highest BCUT2D eigenvalue weighted by Gasteiger charge is 2.52. The summed E-state index contributed by atoms with van der Waals surface area (Å²) in [5, 5.41) is 0. The van der Waals surface area contributed by atoms with Crippen molar-refractivity contribution in [3.05, 3.63) is 59.7 Å².